The Morgan fingerprint density at radius 3 is 2.72 bits per heavy atom. The lowest BCUT2D eigenvalue weighted by atomic mass is 10.3. The van der Waals surface area contributed by atoms with E-state index >= 15 is 0 Å². The third-order valence-electron chi connectivity index (χ3n) is 2.64. The summed E-state index contributed by atoms with van der Waals surface area (Å²) >= 11 is 3.18. The van der Waals surface area contributed by atoms with Crippen LogP contribution in [0, 0.1) is 11.3 Å². The number of benzene rings is 1. The van der Waals surface area contributed by atoms with Crippen LogP contribution in [0.25, 0.3) is 0 Å². The van der Waals surface area contributed by atoms with Crippen LogP contribution in [0.3, 0.4) is 0 Å². The summed E-state index contributed by atoms with van der Waals surface area (Å²) in [5, 5.41) is 5.94. The number of ether oxygens (including phenoxy) is 2. The minimum Gasteiger partial charge on any atom is -0.457 e. The van der Waals surface area contributed by atoms with Crippen molar-refractivity contribution >= 4 is 21.6 Å². The number of hydrogen-bond acceptors (Lipinski definition) is 7. The van der Waals surface area contributed by atoms with Gasteiger partial charge in [-0.3, -0.25) is 0 Å². The zero-order valence-corrected chi connectivity index (χ0v) is 14.0. The molecular formula is C14H11BrF3N5O2. The highest BCUT2D eigenvalue weighted by molar-refractivity contribution is 9.10. The van der Waals surface area contributed by atoms with Gasteiger partial charge in [-0.1, -0.05) is 0 Å². The van der Waals surface area contributed by atoms with Crippen molar-refractivity contribution < 1.29 is 22.6 Å². The third kappa shape index (κ3) is 6.03. The maximum atomic E-state index is 13.3. The van der Waals surface area contributed by atoms with Gasteiger partial charge >= 0.3 is 12.6 Å². The van der Waals surface area contributed by atoms with Crippen LogP contribution in [0.4, 0.5) is 18.9 Å². The Morgan fingerprint density at radius 2 is 2.08 bits per heavy atom. The van der Waals surface area contributed by atoms with E-state index in [1.807, 2.05) is 0 Å². The maximum Gasteiger partial charge on any atom is 0.387 e. The fourth-order valence-corrected chi connectivity index (χ4v) is 1.77. The molecule has 0 bridgehead atoms. The molecule has 0 atom stereocenters. The Bertz CT molecular complexity index is 759. The van der Waals surface area contributed by atoms with E-state index in [1.54, 1.807) is 0 Å². The average Bonchev–Trinajstić information content (AvgIpc) is 2.59. The topological polar surface area (TPSA) is 92.5 Å². The molecule has 7 nitrogen and oxygen atoms in total. The normalized spacial score (nSPS) is 11.3. The quantitative estimate of drug-likeness (QED) is 0.623. The van der Waals surface area contributed by atoms with Crippen LogP contribution in [0.1, 0.15) is 0 Å². The van der Waals surface area contributed by atoms with Gasteiger partial charge in [-0.2, -0.15) is 13.9 Å². The molecule has 1 aromatic heterocycles. The second kappa shape index (κ2) is 8.97. The van der Waals surface area contributed by atoms with Crippen LogP contribution < -0.4 is 14.8 Å². The number of nitrogens with zero attached hydrogens (tertiary/aromatic N) is 3. The van der Waals surface area contributed by atoms with E-state index in [9.17, 15) is 13.2 Å². The van der Waals surface area contributed by atoms with E-state index < -0.39 is 18.2 Å². The molecule has 0 aliphatic heterocycles. The highest BCUT2D eigenvalue weighted by Gasteiger charge is 2.10. The van der Waals surface area contributed by atoms with Crippen LogP contribution >= 0.6 is 15.9 Å². The van der Waals surface area contributed by atoms with E-state index in [4.69, 9.17) is 10.3 Å². The first-order valence-electron chi connectivity index (χ1n) is 6.65. The van der Waals surface area contributed by atoms with Gasteiger partial charge in [0.25, 0.3) is 0 Å². The number of nitrogens with one attached hydrogen (secondary N) is 2. The van der Waals surface area contributed by atoms with Gasteiger partial charge in [-0.15, -0.1) is 0 Å². The molecule has 0 fully saturated rings. The Kier molecular flexibility index (Phi) is 6.69. The Morgan fingerprint density at radius 1 is 1.36 bits per heavy atom. The molecule has 2 rings (SSSR count). The molecule has 0 aliphatic carbocycles. The summed E-state index contributed by atoms with van der Waals surface area (Å²) < 4.78 is 47.7. The summed E-state index contributed by atoms with van der Waals surface area (Å²) in [6.45, 7) is -3.25. The molecule has 132 valence electrons. The highest BCUT2D eigenvalue weighted by atomic mass is 79.9. The fraction of sp³-hybridized carbons (Fsp3) is 0.143. The number of hydrogen-bond donors (Lipinski definition) is 2. The fourth-order valence-electron chi connectivity index (χ4n) is 1.57. The molecule has 2 aromatic rings. The highest BCUT2D eigenvalue weighted by Crippen LogP contribution is 2.23. The molecule has 1 heterocycles. The minimum absolute atomic E-state index is 0.0900. The van der Waals surface area contributed by atoms with Crippen molar-refractivity contribution in [3.8, 4) is 11.8 Å². The zero-order chi connectivity index (χ0) is 18.2. The molecule has 25 heavy (non-hydrogen) atoms. The monoisotopic (exact) mass is 417 g/mol. The van der Waals surface area contributed by atoms with Crippen molar-refractivity contribution in [1.29, 1.82) is 5.53 Å². The number of aromatic nitrogens is 2. The van der Waals surface area contributed by atoms with Gasteiger partial charge in [0.1, 0.15) is 12.3 Å². The van der Waals surface area contributed by atoms with Crippen LogP contribution in [0.15, 0.2) is 52.1 Å². The van der Waals surface area contributed by atoms with Gasteiger partial charge in [0, 0.05) is 30.3 Å². The molecule has 0 amide bonds. The summed E-state index contributed by atoms with van der Waals surface area (Å²) in [6.07, 6.45) is 4.28. The summed E-state index contributed by atoms with van der Waals surface area (Å²) in [7, 11) is 0. The first-order chi connectivity index (χ1) is 12.0. The van der Waals surface area contributed by atoms with Gasteiger partial charge in [0.15, 0.2) is 11.6 Å². The first-order valence-corrected chi connectivity index (χ1v) is 7.45. The van der Waals surface area contributed by atoms with E-state index in [-0.39, 0.29) is 24.0 Å². The van der Waals surface area contributed by atoms with Crippen molar-refractivity contribution in [2.24, 2.45) is 5.11 Å². The van der Waals surface area contributed by atoms with Crippen LogP contribution in [0.5, 0.6) is 11.8 Å². The van der Waals surface area contributed by atoms with Gasteiger partial charge in [0.2, 0.25) is 0 Å². The van der Waals surface area contributed by atoms with Crippen LogP contribution in [-0.2, 0) is 0 Å². The molecular weight excluding hydrogens is 407 g/mol. The van der Waals surface area contributed by atoms with Crippen molar-refractivity contribution in [2.75, 3.05) is 11.9 Å². The molecule has 0 saturated carbocycles. The lowest BCUT2D eigenvalue weighted by molar-refractivity contribution is -0.0521. The van der Waals surface area contributed by atoms with Gasteiger partial charge in [-0.05, 0) is 28.1 Å². The lowest BCUT2D eigenvalue weighted by Gasteiger charge is -2.09. The largest absolute Gasteiger partial charge is 0.457 e. The van der Waals surface area contributed by atoms with Crippen LogP contribution in [0.2, 0.25) is 0 Å². The second-order valence-electron chi connectivity index (χ2n) is 4.39. The summed E-state index contributed by atoms with van der Waals surface area (Å²) in [6, 6.07) is 3.42. The van der Waals surface area contributed by atoms with E-state index in [0.29, 0.717) is 4.47 Å². The predicted molar refractivity (Wildman–Crippen MR) is 85.1 cm³/mol. The molecule has 0 aliphatic rings. The van der Waals surface area contributed by atoms with Crippen molar-refractivity contribution in [1.82, 2.24) is 9.97 Å². The summed E-state index contributed by atoms with van der Waals surface area (Å²) in [5.74, 6) is -1.52. The molecule has 0 radical (unpaired) electrons. The number of alkyl halides is 2. The number of anilines is 1. The molecule has 0 unspecified atom stereocenters. The maximum absolute atomic E-state index is 13.3. The standard InChI is InChI=1S/C14H11BrF3N5O2/c15-8-4-21-14(22-5-8)24-7-10(23-19)6-20-9-1-2-11(16)12(3-9)25-13(17)18/h1-6,13,19-20H,7H2/b10-6-,23-19?. The SMILES string of the molecule is N=N/C(=C\Nc1ccc(F)c(OC(F)F)c1)COc1ncc(Br)cn1. The van der Waals surface area contributed by atoms with E-state index in [0.717, 1.165) is 12.1 Å². The number of halogens is 4. The van der Waals surface area contributed by atoms with Gasteiger partial charge in [0.05, 0.1) is 4.47 Å². The van der Waals surface area contributed by atoms with Gasteiger partial charge < -0.3 is 14.8 Å². The molecule has 1 aromatic carbocycles. The molecule has 11 heteroatoms. The Balaban J connectivity index is 2.00. The molecule has 0 saturated heterocycles. The van der Waals surface area contributed by atoms with E-state index in [1.165, 1.54) is 24.7 Å². The summed E-state index contributed by atoms with van der Waals surface area (Å²) in [5.41, 5.74) is 7.52. The average molecular weight is 418 g/mol. The zero-order valence-electron chi connectivity index (χ0n) is 12.4. The minimum atomic E-state index is -3.14. The smallest absolute Gasteiger partial charge is 0.387 e. The second-order valence-corrected chi connectivity index (χ2v) is 5.30. The predicted octanol–water partition coefficient (Wildman–Crippen LogP) is 4.34. The Hall–Kier alpha value is -2.69. The summed E-state index contributed by atoms with van der Waals surface area (Å²) in [4.78, 5) is 7.78. The number of rotatable bonds is 8. The van der Waals surface area contributed by atoms with Crippen molar-refractivity contribution in [3.05, 3.63) is 52.8 Å². The third-order valence-corrected chi connectivity index (χ3v) is 3.05. The Labute approximate surface area is 148 Å². The van der Waals surface area contributed by atoms with Gasteiger partial charge in [-0.25, -0.2) is 19.9 Å². The van der Waals surface area contributed by atoms with Crippen LogP contribution in [-0.4, -0.2) is 23.2 Å². The molecule has 2 N–H and O–H groups in total. The van der Waals surface area contributed by atoms with E-state index in [2.05, 4.69) is 41.1 Å². The lowest BCUT2D eigenvalue weighted by Crippen LogP contribution is -2.05. The first kappa shape index (κ1) is 18.6. The molecule has 0 spiro atoms. The van der Waals surface area contributed by atoms with Crippen molar-refractivity contribution in [2.45, 2.75) is 6.61 Å². The van der Waals surface area contributed by atoms with Crippen molar-refractivity contribution in [3.63, 3.8) is 0 Å².